The van der Waals surface area contributed by atoms with Crippen molar-refractivity contribution >= 4 is 8.32 Å². The van der Waals surface area contributed by atoms with Gasteiger partial charge >= 0.3 is 0 Å². The molecule has 4 nitrogen and oxygen atoms in total. The maximum absolute atomic E-state index is 9.96. The van der Waals surface area contributed by atoms with E-state index in [0.29, 0.717) is 13.2 Å². The number of ether oxygens (including phenoxy) is 2. The molecule has 2 aliphatic rings. The van der Waals surface area contributed by atoms with E-state index in [1.165, 1.54) is 0 Å². The lowest BCUT2D eigenvalue weighted by atomic mass is 10.1. The molecule has 0 aromatic heterocycles. The van der Waals surface area contributed by atoms with Crippen molar-refractivity contribution in [2.75, 3.05) is 13.2 Å². The lowest BCUT2D eigenvalue weighted by Gasteiger charge is -2.38. The lowest BCUT2D eigenvalue weighted by molar-refractivity contribution is -0.0782. The van der Waals surface area contributed by atoms with Gasteiger partial charge in [0.15, 0.2) is 8.32 Å². The summed E-state index contributed by atoms with van der Waals surface area (Å²) in [6, 6.07) is 0. The molecule has 2 aliphatic heterocycles. The van der Waals surface area contributed by atoms with E-state index in [1.54, 1.807) is 0 Å². The second-order valence-corrected chi connectivity index (χ2v) is 11.4. The summed E-state index contributed by atoms with van der Waals surface area (Å²) in [5.74, 6) is 0. The largest absolute Gasteiger partial charge is 0.414 e. The maximum atomic E-state index is 9.96. The Balaban J connectivity index is 1.85. The Hall–Kier alpha value is 0.0569. The fourth-order valence-electron chi connectivity index (χ4n) is 1.77. The molecule has 0 aromatic carbocycles. The average molecular weight is 260 g/mol. The normalized spacial score (nSPS) is 37.8. The first-order chi connectivity index (χ1) is 7.72. The first-order valence-electron chi connectivity index (χ1n) is 6.31. The highest BCUT2D eigenvalue weighted by atomic mass is 28.4. The third kappa shape index (κ3) is 2.74. The van der Waals surface area contributed by atoms with Gasteiger partial charge in [0.1, 0.15) is 24.4 Å². The van der Waals surface area contributed by atoms with E-state index < -0.39 is 14.4 Å². The van der Waals surface area contributed by atoms with Gasteiger partial charge < -0.3 is 19.0 Å². The molecule has 0 bridgehead atoms. The number of fused-ring (bicyclic) bond motifs is 1. The average Bonchev–Trinajstić information content (AvgIpc) is 2.95. The van der Waals surface area contributed by atoms with Crippen LogP contribution in [-0.2, 0) is 13.9 Å². The Morgan fingerprint density at radius 2 is 2.00 bits per heavy atom. The van der Waals surface area contributed by atoms with E-state index in [4.69, 9.17) is 13.9 Å². The second kappa shape index (κ2) is 4.31. The highest BCUT2D eigenvalue weighted by molar-refractivity contribution is 6.74. The molecule has 4 unspecified atom stereocenters. The molecule has 0 spiro atoms. The van der Waals surface area contributed by atoms with Gasteiger partial charge in [-0.1, -0.05) is 20.8 Å². The fraction of sp³-hybridized carbons (Fsp3) is 1.00. The van der Waals surface area contributed by atoms with E-state index in [0.717, 1.165) is 0 Å². The van der Waals surface area contributed by atoms with Gasteiger partial charge in [0, 0.05) is 0 Å². The summed E-state index contributed by atoms with van der Waals surface area (Å²) >= 11 is 0. The Morgan fingerprint density at radius 1 is 1.35 bits per heavy atom. The predicted molar refractivity (Wildman–Crippen MR) is 67.6 cm³/mol. The molecular formula is C12H24O4Si. The van der Waals surface area contributed by atoms with E-state index in [-0.39, 0.29) is 23.4 Å². The molecule has 4 atom stereocenters. The predicted octanol–water partition coefficient (Wildman–Crippen LogP) is 1.54. The quantitative estimate of drug-likeness (QED) is 0.618. The number of aliphatic hydroxyl groups is 1. The Morgan fingerprint density at radius 3 is 2.59 bits per heavy atom. The molecule has 0 saturated carbocycles. The molecule has 100 valence electrons. The number of hydrogen-bond acceptors (Lipinski definition) is 4. The van der Waals surface area contributed by atoms with Gasteiger partial charge in [0.05, 0.1) is 13.2 Å². The van der Waals surface area contributed by atoms with Crippen molar-refractivity contribution in [3.8, 4) is 0 Å². The standard InChI is InChI=1S/C12H24O4Si/c1-12(2,3)17(4,5)15-7-8-10(13)11-9(16-11)6-14-8/h8-11,13H,6-7H2,1-5H3. The number of epoxide rings is 1. The maximum Gasteiger partial charge on any atom is 0.192 e. The topological polar surface area (TPSA) is 51.2 Å². The smallest absolute Gasteiger partial charge is 0.192 e. The van der Waals surface area contributed by atoms with Gasteiger partial charge in [-0.15, -0.1) is 0 Å². The number of aliphatic hydroxyl groups excluding tert-OH is 1. The summed E-state index contributed by atoms with van der Waals surface area (Å²) in [4.78, 5) is 0. The third-order valence-electron chi connectivity index (χ3n) is 4.23. The second-order valence-electron chi connectivity index (χ2n) is 6.57. The van der Waals surface area contributed by atoms with Gasteiger partial charge in [0.25, 0.3) is 0 Å². The Labute approximate surface area is 104 Å². The summed E-state index contributed by atoms with van der Waals surface area (Å²) in [5.41, 5.74) is 0. The lowest BCUT2D eigenvalue weighted by Crippen LogP contribution is -2.48. The van der Waals surface area contributed by atoms with Crippen molar-refractivity contribution in [1.82, 2.24) is 0 Å². The van der Waals surface area contributed by atoms with Crippen LogP contribution < -0.4 is 0 Å². The molecule has 0 aliphatic carbocycles. The van der Waals surface area contributed by atoms with Crippen LogP contribution in [0.15, 0.2) is 0 Å². The molecule has 0 aromatic rings. The van der Waals surface area contributed by atoms with Crippen LogP contribution in [0.5, 0.6) is 0 Å². The molecule has 2 rings (SSSR count). The molecule has 1 N–H and O–H groups in total. The van der Waals surface area contributed by atoms with E-state index in [1.807, 2.05) is 0 Å². The van der Waals surface area contributed by atoms with Crippen molar-refractivity contribution in [3.05, 3.63) is 0 Å². The van der Waals surface area contributed by atoms with Crippen molar-refractivity contribution < 1.29 is 19.0 Å². The van der Waals surface area contributed by atoms with Crippen LogP contribution in [0.1, 0.15) is 20.8 Å². The van der Waals surface area contributed by atoms with Crippen LogP contribution in [-0.4, -0.2) is 51.1 Å². The van der Waals surface area contributed by atoms with Crippen molar-refractivity contribution in [1.29, 1.82) is 0 Å². The van der Waals surface area contributed by atoms with Crippen LogP contribution in [0.3, 0.4) is 0 Å². The van der Waals surface area contributed by atoms with Crippen molar-refractivity contribution in [3.63, 3.8) is 0 Å². The Bertz CT molecular complexity index is 287. The molecular weight excluding hydrogens is 236 g/mol. The first kappa shape index (κ1) is 13.5. The minimum absolute atomic E-state index is 0.0169. The Kier molecular flexibility index (Phi) is 3.42. The summed E-state index contributed by atoms with van der Waals surface area (Å²) in [5, 5.41) is 10.1. The molecule has 0 amide bonds. The monoisotopic (exact) mass is 260 g/mol. The molecule has 2 fully saturated rings. The highest BCUT2D eigenvalue weighted by Gasteiger charge is 2.52. The number of rotatable bonds is 3. The van der Waals surface area contributed by atoms with Crippen molar-refractivity contribution in [2.24, 2.45) is 0 Å². The van der Waals surface area contributed by atoms with E-state index in [9.17, 15) is 5.11 Å². The minimum atomic E-state index is -1.76. The summed E-state index contributed by atoms with van der Waals surface area (Å²) < 4.78 is 16.9. The molecule has 17 heavy (non-hydrogen) atoms. The fourth-order valence-corrected chi connectivity index (χ4v) is 2.79. The van der Waals surface area contributed by atoms with Crippen LogP contribution in [0, 0.1) is 0 Å². The molecule has 0 radical (unpaired) electrons. The van der Waals surface area contributed by atoms with Gasteiger partial charge in [-0.05, 0) is 18.1 Å². The third-order valence-corrected chi connectivity index (χ3v) is 8.73. The first-order valence-corrected chi connectivity index (χ1v) is 9.22. The zero-order chi connectivity index (χ0) is 12.8. The molecule has 2 saturated heterocycles. The van der Waals surface area contributed by atoms with Crippen LogP contribution in [0.2, 0.25) is 18.1 Å². The zero-order valence-corrected chi connectivity index (χ0v) is 12.4. The summed E-state index contributed by atoms with van der Waals surface area (Å²) in [6.07, 6.45) is -0.655. The van der Waals surface area contributed by atoms with Gasteiger partial charge in [-0.25, -0.2) is 0 Å². The summed E-state index contributed by atoms with van der Waals surface area (Å²) in [6.45, 7) is 12.1. The molecule has 5 heteroatoms. The minimum Gasteiger partial charge on any atom is -0.414 e. The van der Waals surface area contributed by atoms with Gasteiger partial charge in [0.2, 0.25) is 0 Å². The van der Waals surface area contributed by atoms with Crippen LogP contribution in [0.25, 0.3) is 0 Å². The number of hydrogen-bond donors (Lipinski definition) is 1. The van der Waals surface area contributed by atoms with Crippen LogP contribution >= 0.6 is 0 Å². The molecule has 2 heterocycles. The van der Waals surface area contributed by atoms with Crippen LogP contribution in [0.4, 0.5) is 0 Å². The van der Waals surface area contributed by atoms with Crippen molar-refractivity contribution in [2.45, 2.75) is 63.3 Å². The SMILES string of the molecule is CC(C)(C)[Si](C)(C)OCC1OCC2OC2C1O. The van der Waals surface area contributed by atoms with E-state index >= 15 is 0 Å². The summed E-state index contributed by atoms with van der Waals surface area (Å²) in [7, 11) is -1.76. The zero-order valence-electron chi connectivity index (χ0n) is 11.4. The van der Waals surface area contributed by atoms with Gasteiger partial charge in [-0.2, -0.15) is 0 Å². The highest BCUT2D eigenvalue weighted by Crippen LogP contribution is 2.38. The van der Waals surface area contributed by atoms with Gasteiger partial charge in [-0.3, -0.25) is 0 Å². The van der Waals surface area contributed by atoms with E-state index in [2.05, 4.69) is 33.9 Å².